The van der Waals surface area contributed by atoms with Crippen LogP contribution in [0.2, 0.25) is 5.02 Å². The van der Waals surface area contributed by atoms with Crippen molar-refractivity contribution in [1.29, 1.82) is 0 Å². The van der Waals surface area contributed by atoms with Gasteiger partial charge in [-0.25, -0.2) is 14.1 Å². The molecule has 0 unspecified atom stereocenters. The second-order valence-electron chi connectivity index (χ2n) is 6.47. The van der Waals surface area contributed by atoms with E-state index in [0.29, 0.717) is 16.5 Å². The lowest BCUT2D eigenvalue weighted by Gasteiger charge is -2.06. The van der Waals surface area contributed by atoms with Gasteiger partial charge in [0.1, 0.15) is 5.82 Å². The molecule has 4 aromatic rings. The van der Waals surface area contributed by atoms with E-state index >= 15 is 0 Å². The van der Waals surface area contributed by atoms with Crippen molar-refractivity contribution in [1.82, 2.24) is 14.8 Å². The fraction of sp³-hybridized carbons (Fsp3) is 0.0455. The molecule has 5 nitrogen and oxygen atoms in total. The average Bonchev–Trinajstić information content (AvgIpc) is 3.16. The van der Waals surface area contributed by atoms with Crippen molar-refractivity contribution in [3.05, 3.63) is 95.0 Å². The molecule has 0 spiro atoms. The lowest BCUT2D eigenvalue weighted by Crippen LogP contribution is -2.14. The number of benzene rings is 3. The molecule has 7 heteroatoms. The number of carbonyl (C=O) groups excluding carboxylic acids is 1. The molecule has 0 saturated carbocycles. The Labute approximate surface area is 171 Å². The zero-order chi connectivity index (χ0) is 20.4. The standard InChI is InChI=1S/C22H16ClFN4O/c1-14-2-12-19(13-3-14)28-21(15-4-6-16(23)7-5-15)26-20(27-28)22(29)25-18-10-8-17(24)9-11-18/h2-13H,1H3,(H,25,29). The molecule has 0 aliphatic carbocycles. The average molecular weight is 407 g/mol. The summed E-state index contributed by atoms with van der Waals surface area (Å²) >= 11 is 6.00. The summed E-state index contributed by atoms with van der Waals surface area (Å²) in [6.45, 7) is 1.99. The van der Waals surface area contributed by atoms with Gasteiger partial charge in [-0.2, -0.15) is 0 Å². The summed E-state index contributed by atoms with van der Waals surface area (Å²) < 4.78 is 14.7. The van der Waals surface area contributed by atoms with Crippen LogP contribution in [0.4, 0.5) is 10.1 Å². The molecule has 0 fully saturated rings. The molecule has 0 aliphatic heterocycles. The van der Waals surface area contributed by atoms with Crippen LogP contribution < -0.4 is 5.32 Å². The summed E-state index contributed by atoms with van der Waals surface area (Å²) in [5.74, 6) is -0.359. The summed E-state index contributed by atoms with van der Waals surface area (Å²) in [4.78, 5) is 17.1. The Morgan fingerprint density at radius 1 is 0.966 bits per heavy atom. The number of anilines is 1. The van der Waals surface area contributed by atoms with E-state index in [0.717, 1.165) is 16.8 Å². The third-order valence-corrected chi connectivity index (χ3v) is 4.55. The minimum absolute atomic E-state index is 0.000139. The van der Waals surface area contributed by atoms with E-state index in [1.165, 1.54) is 24.3 Å². The third kappa shape index (κ3) is 4.17. The topological polar surface area (TPSA) is 59.8 Å². The van der Waals surface area contributed by atoms with E-state index in [9.17, 15) is 9.18 Å². The fourth-order valence-corrected chi connectivity index (χ4v) is 2.91. The van der Waals surface area contributed by atoms with E-state index in [-0.39, 0.29) is 11.6 Å². The molecule has 1 N–H and O–H groups in total. The van der Waals surface area contributed by atoms with Gasteiger partial charge in [-0.15, -0.1) is 5.10 Å². The first-order valence-electron chi connectivity index (χ1n) is 8.86. The Hall–Kier alpha value is -3.51. The van der Waals surface area contributed by atoms with Crippen LogP contribution in [-0.2, 0) is 0 Å². The van der Waals surface area contributed by atoms with E-state index in [1.807, 2.05) is 43.3 Å². The van der Waals surface area contributed by atoms with Crippen LogP contribution in [0.3, 0.4) is 0 Å². The Kier molecular flexibility index (Phi) is 5.10. The molecule has 0 aliphatic rings. The highest BCUT2D eigenvalue weighted by Crippen LogP contribution is 2.23. The van der Waals surface area contributed by atoms with Crippen LogP contribution in [0.15, 0.2) is 72.8 Å². The number of aryl methyl sites for hydroxylation is 1. The van der Waals surface area contributed by atoms with Crippen molar-refractivity contribution >= 4 is 23.2 Å². The summed E-state index contributed by atoms with van der Waals surface area (Å²) in [6, 6.07) is 20.4. The molecule has 0 saturated heterocycles. The van der Waals surface area contributed by atoms with Gasteiger partial charge in [0.2, 0.25) is 5.82 Å². The quantitative estimate of drug-likeness (QED) is 0.501. The molecule has 144 valence electrons. The van der Waals surface area contributed by atoms with Gasteiger partial charge in [0, 0.05) is 16.3 Å². The first-order chi connectivity index (χ1) is 14.0. The van der Waals surface area contributed by atoms with Crippen molar-refractivity contribution < 1.29 is 9.18 Å². The number of aromatic nitrogens is 3. The normalized spacial score (nSPS) is 10.7. The first-order valence-corrected chi connectivity index (χ1v) is 9.24. The molecule has 0 atom stereocenters. The Morgan fingerprint density at radius 3 is 2.28 bits per heavy atom. The van der Waals surface area contributed by atoms with Gasteiger partial charge >= 0.3 is 0 Å². The Balaban J connectivity index is 1.74. The highest BCUT2D eigenvalue weighted by molar-refractivity contribution is 6.30. The van der Waals surface area contributed by atoms with Gasteiger partial charge in [-0.3, -0.25) is 4.79 Å². The molecular weight excluding hydrogens is 391 g/mol. The first kappa shape index (κ1) is 18.8. The largest absolute Gasteiger partial charge is 0.319 e. The highest BCUT2D eigenvalue weighted by atomic mass is 35.5. The van der Waals surface area contributed by atoms with Gasteiger partial charge in [0.25, 0.3) is 5.91 Å². The highest BCUT2D eigenvalue weighted by Gasteiger charge is 2.19. The SMILES string of the molecule is Cc1ccc(-n2nc(C(=O)Nc3ccc(F)cc3)nc2-c2ccc(Cl)cc2)cc1. The number of hydrogen-bond donors (Lipinski definition) is 1. The molecule has 0 radical (unpaired) electrons. The molecule has 1 aromatic heterocycles. The molecular formula is C22H16ClFN4O. The Morgan fingerprint density at radius 2 is 1.62 bits per heavy atom. The second-order valence-corrected chi connectivity index (χ2v) is 6.91. The zero-order valence-electron chi connectivity index (χ0n) is 15.4. The number of hydrogen-bond acceptors (Lipinski definition) is 3. The van der Waals surface area contributed by atoms with Gasteiger partial charge < -0.3 is 5.32 Å². The van der Waals surface area contributed by atoms with Crippen LogP contribution in [0.5, 0.6) is 0 Å². The van der Waals surface area contributed by atoms with Crippen LogP contribution >= 0.6 is 11.6 Å². The lowest BCUT2D eigenvalue weighted by molar-refractivity contribution is 0.101. The predicted molar refractivity (Wildman–Crippen MR) is 111 cm³/mol. The molecule has 4 rings (SSSR count). The van der Waals surface area contributed by atoms with E-state index in [4.69, 9.17) is 11.6 Å². The Bertz CT molecular complexity index is 1090. The van der Waals surface area contributed by atoms with Crippen LogP contribution in [-0.4, -0.2) is 20.7 Å². The number of nitrogens with one attached hydrogen (secondary N) is 1. The summed E-state index contributed by atoms with van der Waals surface area (Å²) in [6.07, 6.45) is 0. The summed E-state index contributed by atoms with van der Waals surface area (Å²) in [5.41, 5.74) is 3.10. The van der Waals surface area contributed by atoms with Crippen LogP contribution in [0, 0.1) is 12.7 Å². The summed E-state index contributed by atoms with van der Waals surface area (Å²) in [7, 11) is 0. The van der Waals surface area contributed by atoms with E-state index < -0.39 is 5.91 Å². The minimum atomic E-state index is -0.488. The van der Waals surface area contributed by atoms with Gasteiger partial charge in [-0.05, 0) is 67.6 Å². The number of rotatable bonds is 4. The predicted octanol–water partition coefficient (Wildman–Crippen LogP) is 5.29. The molecule has 3 aromatic carbocycles. The third-order valence-electron chi connectivity index (χ3n) is 4.29. The molecule has 0 bridgehead atoms. The maximum absolute atomic E-state index is 13.1. The minimum Gasteiger partial charge on any atom is -0.319 e. The lowest BCUT2D eigenvalue weighted by atomic mass is 10.2. The van der Waals surface area contributed by atoms with Crippen molar-refractivity contribution in [2.75, 3.05) is 5.32 Å². The zero-order valence-corrected chi connectivity index (χ0v) is 16.2. The van der Waals surface area contributed by atoms with E-state index in [1.54, 1.807) is 16.8 Å². The van der Waals surface area contributed by atoms with Crippen LogP contribution in [0.1, 0.15) is 16.2 Å². The van der Waals surface area contributed by atoms with Crippen molar-refractivity contribution in [3.63, 3.8) is 0 Å². The maximum Gasteiger partial charge on any atom is 0.295 e. The number of amides is 1. The van der Waals surface area contributed by atoms with E-state index in [2.05, 4.69) is 15.4 Å². The fourth-order valence-electron chi connectivity index (χ4n) is 2.78. The molecule has 1 amide bonds. The molecule has 29 heavy (non-hydrogen) atoms. The smallest absolute Gasteiger partial charge is 0.295 e. The molecule has 1 heterocycles. The number of carbonyl (C=O) groups is 1. The number of nitrogens with zero attached hydrogens (tertiary/aromatic N) is 3. The second kappa shape index (κ2) is 7.85. The van der Waals surface area contributed by atoms with Crippen molar-refractivity contribution in [2.45, 2.75) is 6.92 Å². The van der Waals surface area contributed by atoms with Crippen molar-refractivity contribution in [2.24, 2.45) is 0 Å². The number of halogens is 2. The van der Waals surface area contributed by atoms with Crippen LogP contribution in [0.25, 0.3) is 17.1 Å². The van der Waals surface area contributed by atoms with Gasteiger partial charge in [-0.1, -0.05) is 29.3 Å². The van der Waals surface area contributed by atoms with Crippen molar-refractivity contribution in [3.8, 4) is 17.1 Å². The van der Waals surface area contributed by atoms with Gasteiger partial charge in [0.15, 0.2) is 5.82 Å². The van der Waals surface area contributed by atoms with Gasteiger partial charge in [0.05, 0.1) is 5.69 Å². The summed E-state index contributed by atoms with van der Waals surface area (Å²) in [5, 5.41) is 7.69. The monoisotopic (exact) mass is 406 g/mol. The maximum atomic E-state index is 13.1.